The maximum Gasteiger partial charge on any atom is 0.223 e. The molecule has 22 heavy (non-hydrogen) atoms. The highest BCUT2D eigenvalue weighted by Crippen LogP contribution is 2.22. The third kappa shape index (κ3) is 4.70. The zero-order valence-electron chi connectivity index (χ0n) is 13.6. The molecule has 122 valence electrons. The predicted molar refractivity (Wildman–Crippen MR) is 87.8 cm³/mol. The van der Waals surface area contributed by atoms with Crippen molar-refractivity contribution in [3.8, 4) is 0 Å². The number of carbonyl (C=O) groups excluding carboxylic acids is 1. The lowest BCUT2D eigenvalue weighted by molar-refractivity contribution is -0.125. The first kappa shape index (κ1) is 16.7. The van der Waals surface area contributed by atoms with Gasteiger partial charge in [0.2, 0.25) is 5.91 Å². The molecule has 1 aliphatic rings. The topological polar surface area (TPSA) is 65.5 Å². The lowest BCUT2D eigenvalue weighted by atomic mass is 9.95. The number of hydrogen-bond acceptors (Lipinski definition) is 4. The molecular weight excluding hydrogens is 278 g/mol. The van der Waals surface area contributed by atoms with Crippen LogP contribution in [0.1, 0.15) is 31.7 Å². The molecule has 0 bridgehead atoms. The molecule has 1 atom stereocenters. The first-order valence-electron chi connectivity index (χ1n) is 8.16. The Morgan fingerprint density at radius 1 is 1.45 bits per heavy atom. The second kappa shape index (κ2) is 8.13. The van der Waals surface area contributed by atoms with E-state index >= 15 is 0 Å². The monoisotopic (exact) mass is 305 g/mol. The Balaban J connectivity index is 1.76. The van der Waals surface area contributed by atoms with E-state index in [4.69, 9.17) is 5.11 Å². The van der Waals surface area contributed by atoms with Gasteiger partial charge >= 0.3 is 0 Å². The van der Waals surface area contributed by atoms with Crippen LogP contribution in [-0.4, -0.2) is 42.2 Å². The van der Waals surface area contributed by atoms with Gasteiger partial charge in [0.1, 0.15) is 5.82 Å². The number of aryl methyl sites for hydroxylation is 1. The first-order chi connectivity index (χ1) is 10.6. The molecule has 1 saturated heterocycles. The van der Waals surface area contributed by atoms with E-state index in [2.05, 4.69) is 21.3 Å². The van der Waals surface area contributed by atoms with Crippen molar-refractivity contribution in [1.82, 2.24) is 10.3 Å². The molecule has 0 spiro atoms. The highest BCUT2D eigenvalue weighted by Gasteiger charge is 2.25. The number of aliphatic hydroxyl groups excluding tert-OH is 1. The Labute approximate surface area is 132 Å². The zero-order valence-corrected chi connectivity index (χ0v) is 13.6. The van der Waals surface area contributed by atoms with Gasteiger partial charge in [-0.3, -0.25) is 4.79 Å². The van der Waals surface area contributed by atoms with Crippen molar-refractivity contribution >= 4 is 11.7 Å². The smallest absolute Gasteiger partial charge is 0.223 e. The molecule has 2 rings (SSSR count). The summed E-state index contributed by atoms with van der Waals surface area (Å²) < 4.78 is 0. The molecule has 1 unspecified atom stereocenters. The molecular formula is C17H27N3O2. The Morgan fingerprint density at radius 3 is 2.77 bits per heavy atom. The fourth-order valence-electron chi connectivity index (χ4n) is 2.76. The predicted octanol–water partition coefficient (Wildman–Crippen LogP) is 1.74. The van der Waals surface area contributed by atoms with E-state index in [-0.39, 0.29) is 18.4 Å². The molecule has 0 radical (unpaired) electrons. The van der Waals surface area contributed by atoms with Crippen molar-refractivity contribution in [2.45, 2.75) is 33.1 Å². The Kier molecular flexibility index (Phi) is 6.19. The normalized spacial score (nSPS) is 17.3. The second-order valence-electron chi connectivity index (χ2n) is 6.32. The minimum Gasteiger partial charge on any atom is -0.396 e. The molecule has 1 aromatic rings. The van der Waals surface area contributed by atoms with Crippen molar-refractivity contribution in [1.29, 1.82) is 0 Å². The van der Waals surface area contributed by atoms with E-state index in [9.17, 15) is 4.79 Å². The fourth-order valence-corrected chi connectivity index (χ4v) is 2.76. The van der Waals surface area contributed by atoms with E-state index in [0.717, 1.165) is 43.7 Å². The van der Waals surface area contributed by atoms with Gasteiger partial charge in [0, 0.05) is 38.4 Å². The van der Waals surface area contributed by atoms with Crippen LogP contribution in [0.15, 0.2) is 18.3 Å². The molecule has 0 saturated carbocycles. The SMILES string of the molecule is Cc1ccc(N2CCC(C(=O)NCC(C)CCO)CC2)nc1. The number of rotatable bonds is 6. The third-order valence-corrected chi connectivity index (χ3v) is 4.33. The number of nitrogens with one attached hydrogen (secondary N) is 1. The molecule has 5 nitrogen and oxygen atoms in total. The summed E-state index contributed by atoms with van der Waals surface area (Å²) in [5, 5.41) is 11.9. The zero-order chi connectivity index (χ0) is 15.9. The van der Waals surface area contributed by atoms with Crippen LogP contribution in [0.4, 0.5) is 5.82 Å². The van der Waals surface area contributed by atoms with E-state index < -0.39 is 0 Å². The number of amides is 1. The van der Waals surface area contributed by atoms with Crippen LogP contribution in [0, 0.1) is 18.8 Å². The van der Waals surface area contributed by atoms with Gasteiger partial charge in [0.25, 0.3) is 0 Å². The average molecular weight is 305 g/mol. The van der Waals surface area contributed by atoms with Crippen LogP contribution < -0.4 is 10.2 Å². The van der Waals surface area contributed by atoms with Gasteiger partial charge in [-0.2, -0.15) is 0 Å². The summed E-state index contributed by atoms with van der Waals surface area (Å²) in [4.78, 5) is 18.9. The van der Waals surface area contributed by atoms with Gasteiger partial charge in [0.15, 0.2) is 0 Å². The number of pyridine rings is 1. The van der Waals surface area contributed by atoms with Gasteiger partial charge in [-0.25, -0.2) is 4.98 Å². The molecule has 0 aromatic carbocycles. The van der Waals surface area contributed by atoms with Gasteiger partial charge in [0.05, 0.1) is 0 Å². The average Bonchev–Trinajstić information content (AvgIpc) is 2.54. The van der Waals surface area contributed by atoms with E-state index in [1.807, 2.05) is 26.1 Å². The molecule has 1 aliphatic heterocycles. The van der Waals surface area contributed by atoms with E-state index in [1.54, 1.807) is 0 Å². The third-order valence-electron chi connectivity index (χ3n) is 4.33. The van der Waals surface area contributed by atoms with Crippen LogP contribution in [0.3, 0.4) is 0 Å². The molecule has 1 fully saturated rings. The van der Waals surface area contributed by atoms with Crippen molar-refractivity contribution in [3.05, 3.63) is 23.9 Å². The van der Waals surface area contributed by atoms with E-state index in [1.165, 1.54) is 0 Å². The number of piperidine rings is 1. The van der Waals surface area contributed by atoms with Crippen LogP contribution in [-0.2, 0) is 4.79 Å². The number of hydrogen-bond donors (Lipinski definition) is 2. The number of carbonyl (C=O) groups is 1. The summed E-state index contributed by atoms with van der Waals surface area (Å²) in [5.41, 5.74) is 1.16. The van der Waals surface area contributed by atoms with Crippen molar-refractivity contribution in [3.63, 3.8) is 0 Å². The molecule has 2 N–H and O–H groups in total. The fraction of sp³-hybridized carbons (Fsp3) is 0.647. The van der Waals surface area contributed by atoms with Gasteiger partial charge in [-0.1, -0.05) is 13.0 Å². The van der Waals surface area contributed by atoms with Crippen LogP contribution in [0.25, 0.3) is 0 Å². The Bertz CT molecular complexity index is 467. The standard InChI is InChI=1S/C17H27N3O2/c1-13-3-4-16(18-11-13)20-8-5-15(6-9-20)17(22)19-12-14(2)7-10-21/h3-4,11,14-15,21H,5-10,12H2,1-2H3,(H,19,22). The lowest BCUT2D eigenvalue weighted by Crippen LogP contribution is -2.41. The largest absolute Gasteiger partial charge is 0.396 e. The van der Waals surface area contributed by atoms with Crippen molar-refractivity contribution in [2.24, 2.45) is 11.8 Å². The molecule has 1 amide bonds. The summed E-state index contributed by atoms with van der Waals surface area (Å²) >= 11 is 0. The minimum atomic E-state index is 0.100. The highest BCUT2D eigenvalue weighted by molar-refractivity contribution is 5.78. The molecule has 5 heteroatoms. The number of aliphatic hydroxyl groups is 1. The Hall–Kier alpha value is -1.62. The van der Waals surface area contributed by atoms with Crippen molar-refractivity contribution in [2.75, 3.05) is 31.1 Å². The van der Waals surface area contributed by atoms with Crippen LogP contribution in [0.2, 0.25) is 0 Å². The highest BCUT2D eigenvalue weighted by atomic mass is 16.3. The molecule has 1 aromatic heterocycles. The number of aromatic nitrogens is 1. The maximum atomic E-state index is 12.2. The van der Waals surface area contributed by atoms with Gasteiger partial charge in [-0.05, 0) is 43.7 Å². The van der Waals surface area contributed by atoms with Gasteiger partial charge < -0.3 is 15.3 Å². The maximum absolute atomic E-state index is 12.2. The summed E-state index contributed by atoms with van der Waals surface area (Å²) in [6.07, 6.45) is 4.36. The Morgan fingerprint density at radius 2 is 2.18 bits per heavy atom. The van der Waals surface area contributed by atoms with Crippen LogP contribution >= 0.6 is 0 Å². The summed E-state index contributed by atoms with van der Waals surface area (Å²) in [6.45, 7) is 6.66. The minimum absolute atomic E-state index is 0.100. The van der Waals surface area contributed by atoms with Gasteiger partial charge in [-0.15, -0.1) is 0 Å². The van der Waals surface area contributed by atoms with Crippen LogP contribution in [0.5, 0.6) is 0 Å². The summed E-state index contributed by atoms with van der Waals surface area (Å²) in [7, 11) is 0. The summed E-state index contributed by atoms with van der Waals surface area (Å²) in [5.74, 6) is 1.58. The quantitative estimate of drug-likeness (QED) is 0.840. The second-order valence-corrected chi connectivity index (χ2v) is 6.32. The number of nitrogens with zero attached hydrogens (tertiary/aromatic N) is 2. The van der Waals surface area contributed by atoms with Crippen molar-refractivity contribution < 1.29 is 9.90 Å². The molecule has 2 heterocycles. The number of anilines is 1. The molecule has 0 aliphatic carbocycles. The first-order valence-corrected chi connectivity index (χ1v) is 8.16. The van der Waals surface area contributed by atoms with E-state index in [0.29, 0.717) is 12.5 Å². The summed E-state index contributed by atoms with van der Waals surface area (Å²) in [6, 6.07) is 4.12. The lowest BCUT2D eigenvalue weighted by Gasteiger charge is -2.32.